The molecular formula is C26H35N3O4. The molecule has 7 rings (SSSR count). The summed E-state index contributed by atoms with van der Waals surface area (Å²) in [4.78, 5) is 31.8. The van der Waals surface area contributed by atoms with Crippen LogP contribution in [0, 0.1) is 23.7 Å². The van der Waals surface area contributed by atoms with Crippen molar-refractivity contribution in [3.8, 4) is 0 Å². The SMILES string of the molecule is O=C(O)C[C@@H]1CCCN(c2ccc(C(=O)NC3[C@H]4CC5C[C@H]3CC(O)(C5)C4)c(C3CC3)n2)C1. The number of carbonyl (C=O) groups is 2. The lowest BCUT2D eigenvalue weighted by molar-refractivity contribution is -0.138. The molecule has 33 heavy (non-hydrogen) atoms. The van der Waals surface area contributed by atoms with Crippen molar-refractivity contribution in [3.63, 3.8) is 0 Å². The first kappa shape index (κ1) is 21.4. The van der Waals surface area contributed by atoms with E-state index >= 15 is 0 Å². The second-order valence-electron chi connectivity index (χ2n) is 11.6. The highest BCUT2D eigenvalue weighted by atomic mass is 16.4. The number of anilines is 1. The van der Waals surface area contributed by atoms with Crippen molar-refractivity contribution in [2.75, 3.05) is 18.0 Å². The van der Waals surface area contributed by atoms with Crippen LogP contribution in [-0.2, 0) is 4.79 Å². The van der Waals surface area contributed by atoms with Gasteiger partial charge in [-0.05, 0) is 93.6 Å². The number of aromatic nitrogens is 1. The molecule has 7 nitrogen and oxygen atoms in total. The van der Waals surface area contributed by atoms with E-state index in [2.05, 4.69) is 10.2 Å². The number of carboxylic acids is 1. The summed E-state index contributed by atoms with van der Waals surface area (Å²) < 4.78 is 0. The van der Waals surface area contributed by atoms with Crippen molar-refractivity contribution in [1.29, 1.82) is 0 Å². The van der Waals surface area contributed by atoms with E-state index in [4.69, 9.17) is 4.98 Å². The first-order valence-corrected chi connectivity index (χ1v) is 12.9. The first-order valence-electron chi connectivity index (χ1n) is 12.9. The third-order valence-corrected chi connectivity index (χ3v) is 8.96. The molecule has 1 aromatic rings. The van der Waals surface area contributed by atoms with Gasteiger partial charge in [0.15, 0.2) is 0 Å². The Morgan fingerprint density at radius 2 is 1.88 bits per heavy atom. The zero-order chi connectivity index (χ0) is 22.7. The van der Waals surface area contributed by atoms with Gasteiger partial charge < -0.3 is 20.4 Å². The number of carbonyl (C=O) groups excluding carboxylic acids is 1. The Bertz CT molecular complexity index is 945. The largest absolute Gasteiger partial charge is 0.481 e. The van der Waals surface area contributed by atoms with Gasteiger partial charge in [-0.1, -0.05) is 0 Å². The summed E-state index contributed by atoms with van der Waals surface area (Å²) in [6, 6.07) is 4.05. The van der Waals surface area contributed by atoms with E-state index in [1.165, 1.54) is 0 Å². The van der Waals surface area contributed by atoms with Crippen LogP contribution in [0.1, 0.15) is 86.2 Å². The van der Waals surface area contributed by atoms with Crippen molar-refractivity contribution in [1.82, 2.24) is 10.3 Å². The van der Waals surface area contributed by atoms with Crippen LogP contribution in [0.25, 0.3) is 0 Å². The molecule has 0 aromatic carbocycles. The Hall–Kier alpha value is -2.15. The number of pyridine rings is 1. The minimum absolute atomic E-state index is 0.0113. The highest BCUT2D eigenvalue weighted by Crippen LogP contribution is 2.55. The molecule has 4 bridgehead atoms. The molecule has 5 aliphatic carbocycles. The predicted molar refractivity (Wildman–Crippen MR) is 123 cm³/mol. The zero-order valence-electron chi connectivity index (χ0n) is 19.2. The number of nitrogens with zero attached hydrogens (tertiary/aromatic N) is 2. The summed E-state index contributed by atoms with van der Waals surface area (Å²) in [6.07, 6.45) is 9.11. The van der Waals surface area contributed by atoms with E-state index in [1.807, 2.05) is 12.1 Å². The lowest BCUT2D eigenvalue weighted by atomic mass is 9.52. The normalized spacial score (nSPS) is 37.2. The van der Waals surface area contributed by atoms with E-state index in [-0.39, 0.29) is 24.3 Å². The number of rotatable bonds is 6. The van der Waals surface area contributed by atoms with Gasteiger partial charge in [-0.15, -0.1) is 0 Å². The van der Waals surface area contributed by atoms with Crippen molar-refractivity contribution < 1.29 is 19.8 Å². The van der Waals surface area contributed by atoms with Gasteiger partial charge in [0, 0.05) is 31.5 Å². The van der Waals surface area contributed by atoms with Gasteiger partial charge >= 0.3 is 5.97 Å². The second-order valence-corrected chi connectivity index (χ2v) is 11.6. The fourth-order valence-electron chi connectivity index (χ4n) is 7.63. The van der Waals surface area contributed by atoms with Crippen molar-refractivity contribution in [2.45, 2.75) is 81.8 Å². The van der Waals surface area contributed by atoms with Gasteiger partial charge in [0.1, 0.15) is 5.82 Å². The second kappa shape index (κ2) is 7.97. The van der Waals surface area contributed by atoms with E-state index in [9.17, 15) is 19.8 Å². The van der Waals surface area contributed by atoms with Crippen LogP contribution in [0.4, 0.5) is 5.82 Å². The maximum absolute atomic E-state index is 13.4. The fraction of sp³-hybridized carbons (Fsp3) is 0.731. The van der Waals surface area contributed by atoms with Crippen LogP contribution in [0.15, 0.2) is 12.1 Å². The average Bonchev–Trinajstić information content (AvgIpc) is 3.60. The van der Waals surface area contributed by atoms with Crippen molar-refractivity contribution >= 4 is 17.7 Å². The molecule has 1 amide bonds. The van der Waals surface area contributed by atoms with E-state index in [1.54, 1.807) is 0 Å². The molecule has 0 radical (unpaired) electrons. The number of carboxylic acid groups (broad SMARTS) is 1. The summed E-state index contributed by atoms with van der Waals surface area (Å²) in [6.45, 7) is 1.60. The Morgan fingerprint density at radius 1 is 1.12 bits per heavy atom. The summed E-state index contributed by atoms with van der Waals surface area (Å²) in [5.41, 5.74) is 1.12. The molecule has 0 unspecified atom stereocenters. The molecule has 7 heteroatoms. The number of nitrogens with one attached hydrogen (secondary N) is 1. The van der Waals surface area contributed by atoms with Crippen LogP contribution in [-0.4, -0.2) is 51.8 Å². The van der Waals surface area contributed by atoms with Crippen molar-refractivity contribution in [3.05, 3.63) is 23.4 Å². The summed E-state index contributed by atoms with van der Waals surface area (Å²) in [7, 11) is 0. The number of aliphatic carboxylic acids is 1. The third-order valence-electron chi connectivity index (χ3n) is 8.96. The number of piperidine rings is 1. The third kappa shape index (κ3) is 4.13. The Kier molecular flexibility index (Phi) is 5.16. The highest BCUT2D eigenvalue weighted by molar-refractivity contribution is 5.96. The Morgan fingerprint density at radius 3 is 2.55 bits per heavy atom. The maximum atomic E-state index is 13.4. The Labute approximate surface area is 195 Å². The summed E-state index contributed by atoms with van der Waals surface area (Å²) in [5.74, 6) is 2.03. The van der Waals surface area contributed by atoms with E-state index in [0.717, 1.165) is 75.8 Å². The molecule has 3 N–H and O–H groups in total. The van der Waals surface area contributed by atoms with Crippen LogP contribution in [0.3, 0.4) is 0 Å². The minimum atomic E-state index is -0.739. The molecule has 5 saturated carbocycles. The van der Waals surface area contributed by atoms with Gasteiger partial charge in [0.05, 0.1) is 16.9 Å². The molecule has 6 fully saturated rings. The smallest absolute Gasteiger partial charge is 0.303 e. The van der Waals surface area contributed by atoms with E-state index < -0.39 is 11.6 Å². The Balaban J connectivity index is 1.19. The van der Waals surface area contributed by atoms with E-state index in [0.29, 0.717) is 35.8 Å². The number of aliphatic hydroxyl groups is 1. The quantitative estimate of drug-likeness (QED) is 0.611. The molecule has 2 heterocycles. The standard InChI is InChI=1S/C26H35N3O4/c30-22(31)10-15-2-1-7-29(14-15)21-6-5-20(24(27-21)17-3-4-17)25(32)28-23-18-8-16-9-19(23)13-26(33,11-16)12-18/h5-6,15-19,23,33H,1-4,7-14H2,(H,28,32)(H,30,31)/t15-,16?,18-,19-,23?,26?/m0/s1. The molecule has 178 valence electrons. The molecule has 1 aliphatic heterocycles. The monoisotopic (exact) mass is 453 g/mol. The van der Waals surface area contributed by atoms with Crippen LogP contribution < -0.4 is 10.2 Å². The molecular weight excluding hydrogens is 418 g/mol. The molecule has 3 atom stereocenters. The summed E-state index contributed by atoms with van der Waals surface area (Å²) in [5, 5.41) is 23.4. The molecule has 1 aromatic heterocycles. The average molecular weight is 454 g/mol. The van der Waals surface area contributed by atoms with Crippen molar-refractivity contribution in [2.24, 2.45) is 23.7 Å². The topological polar surface area (TPSA) is 103 Å². The lowest BCUT2D eigenvalue weighted by Gasteiger charge is -2.58. The molecule has 1 saturated heterocycles. The lowest BCUT2D eigenvalue weighted by Crippen LogP contribution is -2.61. The number of hydrogen-bond donors (Lipinski definition) is 3. The first-order chi connectivity index (χ1) is 15.9. The van der Waals surface area contributed by atoms with Crippen LogP contribution in [0.5, 0.6) is 0 Å². The van der Waals surface area contributed by atoms with Gasteiger partial charge in [0.25, 0.3) is 5.91 Å². The van der Waals surface area contributed by atoms with Crippen LogP contribution >= 0.6 is 0 Å². The van der Waals surface area contributed by atoms with Gasteiger partial charge in [-0.2, -0.15) is 0 Å². The molecule has 6 aliphatic rings. The number of amides is 1. The minimum Gasteiger partial charge on any atom is -0.481 e. The maximum Gasteiger partial charge on any atom is 0.303 e. The van der Waals surface area contributed by atoms with Gasteiger partial charge in [-0.3, -0.25) is 9.59 Å². The fourth-order valence-corrected chi connectivity index (χ4v) is 7.63. The number of hydrogen-bond acceptors (Lipinski definition) is 5. The van der Waals surface area contributed by atoms with Gasteiger partial charge in [-0.25, -0.2) is 4.98 Å². The van der Waals surface area contributed by atoms with Crippen LogP contribution in [0.2, 0.25) is 0 Å². The molecule has 0 spiro atoms. The predicted octanol–water partition coefficient (Wildman–Crippen LogP) is 3.32. The summed E-state index contributed by atoms with van der Waals surface area (Å²) >= 11 is 0. The zero-order valence-corrected chi connectivity index (χ0v) is 19.2. The van der Waals surface area contributed by atoms with Gasteiger partial charge in [0.2, 0.25) is 0 Å². The highest BCUT2D eigenvalue weighted by Gasteiger charge is 2.55.